The number of nitrogens with zero attached hydrogens (tertiary/aromatic N) is 3. The van der Waals surface area contributed by atoms with Crippen LogP contribution in [0.15, 0.2) is 114 Å². The number of aromatic nitrogens is 3. The van der Waals surface area contributed by atoms with E-state index in [-0.39, 0.29) is 13.2 Å². The van der Waals surface area contributed by atoms with Gasteiger partial charge in [0.05, 0.1) is 31.9 Å². The van der Waals surface area contributed by atoms with E-state index in [2.05, 4.69) is 10.1 Å². The van der Waals surface area contributed by atoms with Gasteiger partial charge >= 0.3 is 0 Å². The molecular formula is C33H33N3O5S. The van der Waals surface area contributed by atoms with E-state index in [1.807, 2.05) is 109 Å². The molecule has 0 radical (unpaired) electrons. The van der Waals surface area contributed by atoms with Crippen molar-refractivity contribution in [3.63, 3.8) is 0 Å². The highest BCUT2D eigenvalue weighted by Gasteiger charge is 2.58. The Bertz CT molecular complexity index is 1570. The number of ether oxygens (including phenoxy) is 4. The van der Waals surface area contributed by atoms with E-state index < -0.39 is 24.1 Å². The zero-order chi connectivity index (χ0) is 28.8. The van der Waals surface area contributed by atoms with Gasteiger partial charge in [0.25, 0.3) is 0 Å². The van der Waals surface area contributed by atoms with E-state index in [0.717, 1.165) is 27.2 Å². The Hall–Kier alpha value is -3.57. The third-order valence-corrected chi connectivity index (χ3v) is 8.01. The Labute approximate surface area is 249 Å². The molecule has 0 aliphatic carbocycles. The van der Waals surface area contributed by atoms with Crippen LogP contribution < -0.4 is 0 Å². The van der Waals surface area contributed by atoms with Crippen molar-refractivity contribution in [2.75, 3.05) is 12.9 Å². The molecule has 0 bridgehead atoms. The lowest BCUT2D eigenvalue weighted by molar-refractivity contribution is -0.256. The molecule has 3 aromatic carbocycles. The van der Waals surface area contributed by atoms with E-state index in [1.165, 1.54) is 18.1 Å². The van der Waals surface area contributed by atoms with Crippen molar-refractivity contribution >= 4 is 17.3 Å². The number of thioether (sulfide) groups is 1. The van der Waals surface area contributed by atoms with Crippen LogP contribution in [0.1, 0.15) is 22.4 Å². The zero-order valence-corrected chi connectivity index (χ0v) is 24.1. The molecule has 8 nitrogen and oxygen atoms in total. The normalized spacial score (nSPS) is 22.1. The fourth-order valence-corrected chi connectivity index (χ4v) is 5.77. The third-order valence-electron chi connectivity index (χ3n) is 7.31. The van der Waals surface area contributed by atoms with E-state index in [4.69, 9.17) is 18.9 Å². The van der Waals surface area contributed by atoms with Crippen LogP contribution in [0.2, 0.25) is 0 Å². The molecule has 6 rings (SSSR count). The molecule has 5 aromatic rings. The quantitative estimate of drug-likeness (QED) is 0.196. The lowest BCUT2D eigenvalue weighted by Gasteiger charge is -2.30. The highest BCUT2D eigenvalue weighted by Crippen LogP contribution is 2.42. The van der Waals surface area contributed by atoms with Crippen molar-refractivity contribution in [2.45, 2.75) is 48.9 Å². The summed E-state index contributed by atoms with van der Waals surface area (Å²) in [5.41, 5.74) is 4.22. The number of fused-ring (bicyclic) bond motifs is 1. The smallest absolute Gasteiger partial charge is 0.240 e. The second kappa shape index (κ2) is 13.2. The molecule has 9 heteroatoms. The molecule has 1 fully saturated rings. The van der Waals surface area contributed by atoms with Crippen LogP contribution in [0.4, 0.5) is 0 Å². The molecule has 3 heterocycles. The summed E-state index contributed by atoms with van der Waals surface area (Å²) in [7, 11) is 0. The van der Waals surface area contributed by atoms with Crippen LogP contribution in [-0.4, -0.2) is 50.9 Å². The lowest BCUT2D eigenvalue weighted by atomic mass is 10.0. The van der Waals surface area contributed by atoms with Gasteiger partial charge in [-0.2, -0.15) is 5.10 Å². The van der Waals surface area contributed by atoms with Crippen LogP contribution >= 0.6 is 11.8 Å². The Balaban J connectivity index is 1.34. The largest absolute Gasteiger partial charge is 0.374 e. The minimum absolute atomic E-state index is 0.191. The standard InChI is InChI=1S/C33H33N3O5S/c1-42-32-27-17-18-29(36(27)35-23-34-32)33(37)31(40-21-26-15-9-4-10-16-26)30(39-20-25-13-7-3-8-14-25)28(41-33)22-38-19-24-11-5-2-6-12-24/h2-18,23,28,30-31,37H,19-22H2,1H3/t28-,30-,31-,33?/m1/s1. The molecule has 1 unspecified atom stereocenters. The van der Waals surface area contributed by atoms with E-state index in [1.54, 1.807) is 4.52 Å². The van der Waals surface area contributed by atoms with Crippen molar-refractivity contribution in [1.82, 2.24) is 14.6 Å². The summed E-state index contributed by atoms with van der Waals surface area (Å²) in [6, 6.07) is 33.4. The number of benzene rings is 3. The number of hydrogen-bond acceptors (Lipinski definition) is 8. The first-order chi connectivity index (χ1) is 20.7. The van der Waals surface area contributed by atoms with Gasteiger partial charge in [-0.05, 0) is 35.1 Å². The SMILES string of the molecule is CSc1ncnn2c(C3(O)O[C@H](COCc4ccccc4)[C@@H](OCc4ccccc4)[C@H]3OCc3ccccc3)ccc12. The summed E-state index contributed by atoms with van der Waals surface area (Å²) in [6.45, 7) is 1.17. The summed E-state index contributed by atoms with van der Waals surface area (Å²) in [5.74, 6) is -1.88. The zero-order valence-electron chi connectivity index (χ0n) is 23.3. The number of rotatable bonds is 12. The molecule has 1 saturated heterocycles. The van der Waals surface area contributed by atoms with Gasteiger partial charge in [-0.3, -0.25) is 0 Å². The predicted molar refractivity (Wildman–Crippen MR) is 160 cm³/mol. The molecule has 0 saturated carbocycles. The molecule has 1 aliphatic heterocycles. The molecule has 4 atom stereocenters. The molecule has 0 spiro atoms. The van der Waals surface area contributed by atoms with Crippen molar-refractivity contribution in [1.29, 1.82) is 0 Å². The summed E-state index contributed by atoms with van der Waals surface area (Å²) in [6.07, 6.45) is 1.26. The first kappa shape index (κ1) is 28.5. The molecule has 216 valence electrons. The second-order valence-corrected chi connectivity index (χ2v) is 10.9. The van der Waals surface area contributed by atoms with Crippen LogP contribution in [-0.2, 0) is 44.6 Å². The highest BCUT2D eigenvalue weighted by atomic mass is 32.2. The molecule has 42 heavy (non-hydrogen) atoms. The van der Waals surface area contributed by atoms with Gasteiger partial charge in [0.15, 0.2) is 0 Å². The maximum atomic E-state index is 12.4. The Morgan fingerprint density at radius 1 is 0.810 bits per heavy atom. The summed E-state index contributed by atoms with van der Waals surface area (Å²) in [5, 5.41) is 17.7. The average molecular weight is 584 g/mol. The topological polar surface area (TPSA) is 87.3 Å². The predicted octanol–water partition coefficient (Wildman–Crippen LogP) is 5.38. The van der Waals surface area contributed by atoms with E-state index in [0.29, 0.717) is 18.9 Å². The fourth-order valence-electron chi connectivity index (χ4n) is 5.25. The number of aliphatic hydroxyl groups is 1. The van der Waals surface area contributed by atoms with Gasteiger partial charge < -0.3 is 24.1 Å². The van der Waals surface area contributed by atoms with Gasteiger partial charge in [0.2, 0.25) is 5.79 Å². The third kappa shape index (κ3) is 6.12. The van der Waals surface area contributed by atoms with Crippen LogP contribution in [0.3, 0.4) is 0 Å². The maximum Gasteiger partial charge on any atom is 0.240 e. The second-order valence-electron chi connectivity index (χ2n) is 10.1. The van der Waals surface area contributed by atoms with Gasteiger partial charge in [0.1, 0.15) is 35.4 Å². The van der Waals surface area contributed by atoms with Crippen molar-refractivity contribution < 1.29 is 24.1 Å². The Morgan fingerprint density at radius 2 is 1.40 bits per heavy atom. The van der Waals surface area contributed by atoms with Crippen molar-refractivity contribution in [2.24, 2.45) is 0 Å². The maximum absolute atomic E-state index is 12.4. The minimum atomic E-state index is -1.88. The fraction of sp³-hybridized carbons (Fsp3) is 0.273. The summed E-state index contributed by atoms with van der Waals surface area (Å²) in [4.78, 5) is 4.38. The lowest BCUT2D eigenvalue weighted by Crippen LogP contribution is -2.45. The molecule has 1 aliphatic rings. The highest BCUT2D eigenvalue weighted by molar-refractivity contribution is 7.98. The Kier molecular flexibility index (Phi) is 8.95. The van der Waals surface area contributed by atoms with Crippen LogP contribution in [0, 0.1) is 0 Å². The average Bonchev–Trinajstić information content (AvgIpc) is 3.60. The molecule has 2 aromatic heterocycles. The van der Waals surface area contributed by atoms with Crippen LogP contribution in [0.25, 0.3) is 5.52 Å². The Morgan fingerprint density at radius 3 is 2.02 bits per heavy atom. The van der Waals surface area contributed by atoms with Gasteiger partial charge in [-0.15, -0.1) is 11.8 Å². The summed E-state index contributed by atoms with van der Waals surface area (Å²) >= 11 is 1.51. The molecule has 0 amide bonds. The van der Waals surface area contributed by atoms with Crippen molar-refractivity contribution in [3.05, 3.63) is 132 Å². The van der Waals surface area contributed by atoms with E-state index in [9.17, 15) is 5.11 Å². The van der Waals surface area contributed by atoms with E-state index >= 15 is 0 Å². The minimum Gasteiger partial charge on any atom is -0.374 e. The molecule has 1 N–H and O–H groups in total. The monoisotopic (exact) mass is 583 g/mol. The number of hydrogen-bond donors (Lipinski definition) is 1. The van der Waals surface area contributed by atoms with Crippen LogP contribution in [0.5, 0.6) is 0 Å². The van der Waals surface area contributed by atoms with Gasteiger partial charge in [-0.25, -0.2) is 9.50 Å². The van der Waals surface area contributed by atoms with Crippen molar-refractivity contribution in [3.8, 4) is 0 Å². The summed E-state index contributed by atoms with van der Waals surface area (Å²) < 4.78 is 27.3. The first-order valence-electron chi connectivity index (χ1n) is 13.9. The molecular weight excluding hydrogens is 550 g/mol. The van der Waals surface area contributed by atoms with Gasteiger partial charge in [0, 0.05) is 0 Å². The first-order valence-corrected chi connectivity index (χ1v) is 15.1. The van der Waals surface area contributed by atoms with Gasteiger partial charge in [-0.1, -0.05) is 91.0 Å².